The summed E-state index contributed by atoms with van der Waals surface area (Å²) >= 11 is 5.96. The number of nitrogens with zero attached hydrogens (tertiary/aromatic N) is 2. The Bertz CT molecular complexity index is 1340. The van der Waals surface area contributed by atoms with E-state index in [9.17, 15) is 14.9 Å². The van der Waals surface area contributed by atoms with Gasteiger partial charge in [-0.1, -0.05) is 25.4 Å². The van der Waals surface area contributed by atoms with Crippen molar-refractivity contribution in [2.45, 2.75) is 32.6 Å². The summed E-state index contributed by atoms with van der Waals surface area (Å²) in [6.45, 7) is 3.96. The number of amides is 1. The highest BCUT2D eigenvalue weighted by molar-refractivity contribution is 6.30. The van der Waals surface area contributed by atoms with Gasteiger partial charge in [-0.2, -0.15) is 5.26 Å². The van der Waals surface area contributed by atoms with Gasteiger partial charge in [0.05, 0.1) is 37.5 Å². The quantitative estimate of drug-likeness (QED) is 0.615. The minimum atomic E-state index is -0.776. The Morgan fingerprint density at radius 1 is 1.17 bits per heavy atom. The topological polar surface area (TPSA) is 118 Å². The first-order valence-corrected chi connectivity index (χ1v) is 11.7. The molecule has 0 spiro atoms. The van der Waals surface area contributed by atoms with E-state index in [0.717, 1.165) is 0 Å². The number of hydrazine groups is 1. The van der Waals surface area contributed by atoms with Crippen molar-refractivity contribution in [3.05, 3.63) is 81.3 Å². The van der Waals surface area contributed by atoms with Crippen LogP contribution in [0.2, 0.25) is 5.02 Å². The first-order chi connectivity index (χ1) is 17.1. The fourth-order valence-electron chi connectivity index (χ4n) is 4.78. The lowest BCUT2D eigenvalue weighted by Gasteiger charge is -2.43. The largest absolute Gasteiger partial charge is 0.497 e. The van der Waals surface area contributed by atoms with Gasteiger partial charge in [-0.25, -0.2) is 5.01 Å². The summed E-state index contributed by atoms with van der Waals surface area (Å²) in [5, 5.41) is 12.1. The van der Waals surface area contributed by atoms with Gasteiger partial charge in [0.25, 0.3) is 5.91 Å². The van der Waals surface area contributed by atoms with Crippen molar-refractivity contribution in [1.29, 1.82) is 5.26 Å². The molecule has 2 aromatic rings. The molecule has 8 nitrogen and oxygen atoms in total. The number of nitriles is 1. The third kappa shape index (κ3) is 4.50. The molecule has 1 amide bonds. The highest BCUT2D eigenvalue weighted by atomic mass is 35.5. The fraction of sp³-hybridized carbons (Fsp3) is 0.296. The van der Waals surface area contributed by atoms with Crippen LogP contribution in [0.3, 0.4) is 0 Å². The van der Waals surface area contributed by atoms with Gasteiger partial charge >= 0.3 is 0 Å². The van der Waals surface area contributed by atoms with Gasteiger partial charge in [-0.3, -0.25) is 15.0 Å². The van der Waals surface area contributed by atoms with Gasteiger partial charge in [0.1, 0.15) is 17.3 Å². The number of ketones is 1. The molecule has 1 aliphatic heterocycles. The molecular formula is C27H27ClN4O4. The molecule has 0 radical (unpaired) electrons. The van der Waals surface area contributed by atoms with E-state index >= 15 is 0 Å². The number of Topliss-reactive ketones (excluding diaryl/α,β-unsaturated/α-hetero) is 1. The Balaban J connectivity index is 1.90. The lowest BCUT2D eigenvalue weighted by atomic mass is 9.69. The molecule has 36 heavy (non-hydrogen) atoms. The maximum Gasteiger partial charge on any atom is 0.270 e. The molecule has 0 aromatic heterocycles. The van der Waals surface area contributed by atoms with Gasteiger partial charge in [-0.05, 0) is 54.3 Å². The second-order valence-corrected chi connectivity index (χ2v) is 9.97. The minimum absolute atomic E-state index is 0.0407. The number of halogens is 1. The van der Waals surface area contributed by atoms with E-state index in [1.54, 1.807) is 42.5 Å². The number of allylic oxidation sites excluding steroid dienone is 3. The number of carbonyl (C=O) groups excluding carboxylic acids is 2. The molecule has 1 heterocycles. The van der Waals surface area contributed by atoms with E-state index in [1.165, 1.54) is 19.2 Å². The van der Waals surface area contributed by atoms with Gasteiger partial charge in [-0.15, -0.1) is 0 Å². The van der Waals surface area contributed by atoms with Crippen molar-refractivity contribution in [3.8, 4) is 17.6 Å². The van der Waals surface area contributed by atoms with Gasteiger partial charge in [0, 0.05) is 28.1 Å². The van der Waals surface area contributed by atoms with Crippen molar-refractivity contribution < 1.29 is 19.1 Å². The van der Waals surface area contributed by atoms with Gasteiger partial charge in [0.15, 0.2) is 5.78 Å². The number of hydrogen-bond acceptors (Lipinski definition) is 7. The number of benzene rings is 2. The van der Waals surface area contributed by atoms with Gasteiger partial charge < -0.3 is 15.2 Å². The summed E-state index contributed by atoms with van der Waals surface area (Å²) in [6, 6.07) is 13.8. The van der Waals surface area contributed by atoms with Crippen LogP contribution in [0.1, 0.15) is 48.5 Å². The maximum atomic E-state index is 13.6. The minimum Gasteiger partial charge on any atom is -0.497 e. The number of methoxy groups -OCH3 is 2. The van der Waals surface area contributed by atoms with Crippen molar-refractivity contribution in [2.24, 2.45) is 11.1 Å². The second kappa shape index (κ2) is 9.59. The maximum absolute atomic E-state index is 13.6. The van der Waals surface area contributed by atoms with Crippen molar-refractivity contribution in [2.75, 3.05) is 14.2 Å². The standard InChI is InChI=1S/C27H27ClN4O4/c1-27(2)12-20-24(21(33)13-27)23(18-11-17(35-3)9-10-22(18)36-4)19(14-29)25(30)32(20)31-26(34)15-5-7-16(28)8-6-15/h5-11,23H,12-13,30H2,1-4H3,(H,31,34). The lowest BCUT2D eigenvalue weighted by molar-refractivity contribution is -0.118. The number of ether oxygens (including phenoxy) is 2. The van der Waals surface area contributed by atoms with Crippen LogP contribution in [0.5, 0.6) is 11.5 Å². The van der Waals surface area contributed by atoms with Crippen molar-refractivity contribution in [1.82, 2.24) is 10.4 Å². The molecule has 1 unspecified atom stereocenters. The van der Waals surface area contributed by atoms with E-state index in [2.05, 4.69) is 11.5 Å². The molecule has 0 saturated heterocycles. The average molecular weight is 507 g/mol. The Morgan fingerprint density at radius 3 is 2.47 bits per heavy atom. The molecular weight excluding hydrogens is 480 g/mol. The molecule has 3 N–H and O–H groups in total. The summed E-state index contributed by atoms with van der Waals surface area (Å²) < 4.78 is 11.0. The molecule has 1 atom stereocenters. The zero-order valence-electron chi connectivity index (χ0n) is 20.5. The third-order valence-corrected chi connectivity index (χ3v) is 6.70. The molecule has 186 valence electrons. The predicted molar refractivity (Wildman–Crippen MR) is 135 cm³/mol. The summed E-state index contributed by atoms with van der Waals surface area (Å²) in [5.74, 6) is -0.272. The monoisotopic (exact) mass is 506 g/mol. The Morgan fingerprint density at radius 2 is 1.86 bits per heavy atom. The fourth-order valence-corrected chi connectivity index (χ4v) is 4.91. The van der Waals surface area contributed by atoms with Crippen LogP contribution >= 0.6 is 11.6 Å². The Labute approximate surface area is 214 Å². The summed E-state index contributed by atoms with van der Waals surface area (Å²) in [6.07, 6.45) is 0.739. The second-order valence-electron chi connectivity index (χ2n) is 9.54. The lowest BCUT2D eigenvalue weighted by Crippen LogP contribution is -2.49. The first-order valence-electron chi connectivity index (χ1n) is 11.3. The zero-order chi connectivity index (χ0) is 26.2. The highest BCUT2D eigenvalue weighted by Crippen LogP contribution is 2.50. The number of hydrogen-bond donors (Lipinski definition) is 2. The first kappa shape index (κ1) is 25.1. The Kier molecular flexibility index (Phi) is 6.70. The van der Waals surface area contributed by atoms with Crippen LogP contribution in [-0.4, -0.2) is 30.9 Å². The molecule has 9 heteroatoms. The SMILES string of the molecule is COc1ccc(OC)c(C2C(C#N)=C(N)N(NC(=O)c3ccc(Cl)cc3)C3=C2C(=O)CC(C)(C)C3)c1. The molecule has 0 bridgehead atoms. The average Bonchev–Trinajstić information content (AvgIpc) is 2.84. The van der Waals surface area contributed by atoms with Crippen LogP contribution in [0.4, 0.5) is 0 Å². The normalized spacial score (nSPS) is 18.9. The molecule has 0 fully saturated rings. The van der Waals surface area contributed by atoms with Crippen LogP contribution in [-0.2, 0) is 4.79 Å². The highest BCUT2D eigenvalue weighted by Gasteiger charge is 2.45. The summed E-state index contributed by atoms with van der Waals surface area (Å²) in [5.41, 5.74) is 11.0. The van der Waals surface area contributed by atoms with E-state index in [0.29, 0.717) is 45.3 Å². The molecule has 4 rings (SSSR count). The number of nitrogens with one attached hydrogen (secondary N) is 1. The molecule has 1 aliphatic carbocycles. The van der Waals surface area contributed by atoms with E-state index in [-0.39, 0.29) is 29.0 Å². The third-order valence-electron chi connectivity index (χ3n) is 6.45. The van der Waals surface area contributed by atoms with Gasteiger partial charge in [0.2, 0.25) is 0 Å². The van der Waals surface area contributed by atoms with Crippen LogP contribution in [0, 0.1) is 16.7 Å². The number of nitrogens with two attached hydrogens (primary N) is 1. The molecule has 2 aromatic carbocycles. The van der Waals surface area contributed by atoms with Crippen LogP contribution in [0.15, 0.2) is 65.1 Å². The van der Waals surface area contributed by atoms with Crippen molar-refractivity contribution in [3.63, 3.8) is 0 Å². The number of carbonyl (C=O) groups is 2. The van der Waals surface area contributed by atoms with E-state index in [1.807, 2.05) is 13.8 Å². The number of rotatable bonds is 5. The zero-order valence-corrected chi connectivity index (χ0v) is 21.3. The van der Waals surface area contributed by atoms with Crippen LogP contribution in [0.25, 0.3) is 0 Å². The molecule has 2 aliphatic rings. The molecule has 0 saturated carbocycles. The summed E-state index contributed by atoms with van der Waals surface area (Å²) in [7, 11) is 3.06. The Hall–Kier alpha value is -3.96. The van der Waals surface area contributed by atoms with Crippen molar-refractivity contribution >= 4 is 23.3 Å². The smallest absolute Gasteiger partial charge is 0.270 e. The predicted octanol–water partition coefficient (Wildman–Crippen LogP) is 4.44. The van der Waals surface area contributed by atoms with E-state index in [4.69, 9.17) is 26.8 Å². The van der Waals surface area contributed by atoms with Crippen LogP contribution < -0.4 is 20.6 Å². The van der Waals surface area contributed by atoms with E-state index < -0.39 is 11.8 Å². The summed E-state index contributed by atoms with van der Waals surface area (Å²) in [4.78, 5) is 26.7.